The van der Waals surface area contributed by atoms with Gasteiger partial charge in [0.1, 0.15) is 12.4 Å². The van der Waals surface area contributed by atoms with Crippen LogP contribution in [-0.2, 0) is 9.53 Å². The van der Waals surface area contributed by atoms with Gasteiger partial charge in [0.25, 0.3) is 0 Å². The molecule has 0 saturated heterocycles. The van der Waals surface area contributed by atoms with E-state index in [0.29, 0.717) is 36.3 Å². The molecule has 0 aliphatic rings. The summed E-state index contributed by atoms with van der Waals surface area (Å²) in [7, 11) is 0. The summed E-state index contributed by atoms with van der Waals surface area (Å²) in [6.45, 7) is 3.71. The minimum absolute atomic E-state index is 0.123. The third kappa shape index (κ3) is 6.10. The Hall–Kier alpha value is -2.24. The molecule has 0 aromatic heterocycles. The highest BCUT2D eigenvalue weighted by Gasteiger charge is 2.06. The molecule has 24 heavy (non-hydrogen) atoms. The molecule has 2 aromatic rings. The molecule has 6 heteroatoms. The Morgan fingerprint density at radius 2 is 1.96 bits per heavy atom. The first kappa shape index (κ1) is 18.1. The Morgan fingerprint density at radius 1 is 1.12 bits per heavy atom. The fourth-order valence-corrected chi connectivity index (χ4v) is 2.23. The van der Waals surface area contributed by atoms with Gasteiger partial charge in [-0.2, -0.15) is 0 Å². The first-order valence-electron chi connectivity index (χ1n) is 7.78. The maximum absolute atomic E-state index is 12.0. The average Bonchev–Trinajstić information content (AvgIpc) is 2.58. The third-order valence-corrected chi connectivity index (χ3v) is 3.36. The number of halogens is 1. The van der Waals surface area contributed by atoms with Gasteiger partial charge in [0, 0.05) is 17.3 Å². The van der Waals surface area contributed by atoms with Crippen molar-refractivity contribution in [1.29, 1.82) is 0 Å². The largest absolute Gasteiger partial charge is 0.489 e. The molecule has 0 unspecified atom stereocenters. The van der Waals surface area contributed by atoms with E-state index < -0.39 is 0 Å². The van der Waals surface area contributed by atoms with Crippen LogP contribution in [0.4, 0.5) is 11.4 Å². The van der Waals surface area contributed by atoms with Gasteiger partial charge in [0.2, 0.25) is 5.91 Å². The van der Waals surface area contributed by atoms with E-state index in [1.54, 1.807) is 24.3 Å². The van der Waals surface area contributed by atoms with Crippen LogP contribution in [0, 0.1) is 0 Å². The van der Waals surface area contributed by atoms with Crippen molar-refractivity contribution in [2.45, 2.75) is 6.92 Å². The molecule has 0 bridgehead atoms. The van der Waals surface area contributed by atoms with Gasteiger partial charge in [-0.1, -0.05) is 29.8 Å². The molecule has 2 aromatic carbocycles. The van der Waals surface area contributed by atoms with E-state index in [0.717, 1.165) is 5.69 Å². The van der Waals surface area contributed by atoms with Gasteiger partial charge < -0.3 is 20.1 Å². The van der Waals surface area contributed by atoms with Crippen molar-refractivity contribution < 1.29 is 14.3 Å². The second-order valence-electron chi connectivity index (χ2n) is 4.95. The molecule has 128 valence electrons. The molecule has 0 atom stereocenters. The van der Waals surface area contributed by atoms with Crippen LogP contribution >= 0.6 is 11.6 Å². The number of ether oxygens (including phenoxy) is 2. The number of amides is 1. The lowest BCUT2D eigenvalue weighted by molar-refractivity contribution is -0.114. The van der Waals surface area contributed by atoms with Gasteiger partial charge in [-0.05, 0) is 37.3 Å². The number of hydrogen-bond donors (Lipinski definition) is 2. The lowest BCUT2D eigenvalue weighted by Gasteiger charge is -2.13. The fraction of sp³-hybridized carbons (Fsp3) is 0.278. The van der Waals surface area contributed by atoms with E-state index in [9.17, 15) is 4.79 Å². The first-order chi connectivity index (χ1) is 11.7. The summed E-state index contributed by atoms with van der Waals surface area (Å²) in [5, 5.41) is 6.44. The molecule has 0 radical (unpaired) electrons. The fourth-order valence-electron chi connectivity index (χ4n) is 2.04. The van der Waals surface area contributed by atoms with Gasteiger partial charge >= 0.3 is 0 Å². The molecule has 0 aliphatic heterocycles. The van der Waals surface area contributed by atoms with E-state index >= 15 is 0 Å². The molecule has 5 nitrogen and oxygen atoms in total. The van der Waals surface area contributed by atoms with Gasteiger partial charge in [0.05, 0.1) is 18.8 Å². The number of para-hydroxylation sites is 2. The highest BCUT2D eigenvalue weighted by Crippen LogP contribution is 2.23. The van der Waals surface area contributed by atoms with Crippen molar-refractivity contribution in [3.8, 4) is 5.75 Å². The standard InChI is InChI=1S/C18H21ClN2O3/c1-2-23-10-11-24-17-9-4-3-8-16(17)20-13-18(22)21-15-7-5-6-14(19)12-15/h3-9,12,20H,2,10-11,13H2,1H3,(H,21,22). The topological polar surface area (TPSA) is 59.6 Å². The van der Waals surface area contributed by atoms with E-state index in [-0.39, 0.29) is 12.5 Å². The highest BCUT2D eigenvalue weighted by atomic mass is 35.5. The van der Waals surface area contributed by atoms with E-state index in [1.165, 1.54) is 0 Å². The normalized spacial score (nSPS) is 10.2. The van der Waals surface area contributed by atoms with Gasteiger partial charge in [-0.3, -0.25) is 4.79 Å². The third-order valence-electron chi connectivity index (χ3n) is 3.12. The Balaban J connectivity index is 1.85. The maximum atomic E-state index is 12.0. The lowest BCUT2D eigenvalue weighted by Crippen LogP contribution is -2.22. The summed E-state index contributed by atoms with van der Waals surface area (Å²) in [5.74, 6) is 0.522. The lowest BCUT2D eigenvalue weighted by atomic mass is 10.3. The van der Waals surface area contributed by atoms with Crippen LogP contribution in [0.2, 0.25) is 5.02 Å². The predicted molar refractivity (Wildman–Crippen MR) is 97.0 cm³/mol. The van der Waals surface area contributed by atoms with Crippen molar-refractivity contribution >= 4 is 28.9 Å². The van der Waals surface area contributed by atoms with E-state index in [2.05, 4.69) is 10.6 Å². The second-order valence-corrected chi connectivity index (χ2v) is 5.39. The van der Waals surface area contributed by atoms with Crippen molar-refractivity contribution in [3.63, 3.8) is 0 Å². The summed E-state index contributed by atoms with van der Waals surface area (Å²) < 4.78 is 10.9. The number of carbonyl (C=O) groups is 1. The summed E-state index contributed by atoms with van der Waals surface area (Å²) in [6, 6.07) is 14.5. The first-order valence-corrected chi connectivity index (χ1v) is 8.15. The Bertz CT molecular complexity index is 664. The molecule has 0 aliphatic carbocycles. The number of carbonyl (C=O) groups excluding carboxylic acids is 1. The molecule has 2 N–H and O–H groups in total. The summed E-state index contributed by atoms with van der Waals surface area (Å²) >= 11 is 5.90. The summed E-state index contributed by atoms with van der Waals surface area (Å²) in [6.07, 6.45) is 0. The minimum atomic E-state index is -0.165. The summed E-state index contributed by atoms with van der Waals surface area (Å²) in [5.41, 5.74) is 1.42. The van der Waals surface area contributed by atoms with Gasteiger partial charge in [-0.25, -0.2) is 0 Å². The Kier molecular flexibility index (Phi) is 7.39. The van der Waals surface area contributed by atoms with Gasteiger partial charge in [-0.15, -0.1) is 0 Å². The zero-order chi connectivity index (χ0) is 17.2. The number of rotatable bonds is 9. The van der Waals surface area contributed by atoms with Gasteiger partial charge in [0.15, 0.2) is 0 Å². The zero-order valence-electron chi connectivity index (χ0n) is 13.5. The quantitative estimate of drug-likeness (QED) is 0.677. The van der Waals surface area contributed by atoms with Crippen molar-refractivity contribution in [2.24, 2.45) is 0 Å². The number of anilines is 2. The predicted octanol–water partition coefficient (Wildman–Crippen LogP) is 3.81. The molecule has 0 fully saturated rings. The van der Waals surface area contributed by atoms with E-state index in [1.807, 2.05) is 31.2 Å². The van der Waals surface area contributed by atoms with Crippen LogP contribution in [0.25, 0.3) is 0 Å². The SMILES string of the molecule is CCOCCOc1ccccc1NCC(=O)Nc1cccc(Cl)c1. The van der Waals surface area contributed by atoms with Crippen LogP contribution in [0.1, 0.15) is 6.92 Å². The van der Waals surface area contributed by atoms with Crippen molar-refractivity contribution in [3.05, 3.63) is 53.6 Å². The van der Waals surface area contributed by atoms with Crippen LogP contribution in [0.5, 0.6) is 5.75 Å². The number of hydrogen-bond acceptors (Lipinski definition) is 4. The second kappa shape index (κ2) is 9.80. The minimum Gasteiger partial charge on any atom is -0.489 e. The molecule has 0 spiro atoms. The van der Waals surface area contributed by atoms with Crippen LogP contribution in [0.3, 0.4) is 0 Å². The number of benzene rings is 2. The zero-order valence-corrected chi connectivity index (χ0v) is 14.3. The Labute approximate surface area is 146 Å². The molecule has 2 rings (SSSR count). The molecule has 1 amide bonds. The highest BCUT2D eigenvalue weighted by molar-refractivity contribution is 6.30. The maximum Gasteiger partial charge on any atom is 0.243 e. The molecule has 0 saturated carbocycles. The van der Waals surface area contributed by atoms with Crippen LogP contribution in [0.15, 0.2) is 48.5 Å². The van der Waals surface area contributed by atoms with Crippen molar-refractivity contribution in [1.82, 2.24) is 0 Å². The van der Waals surface area contributed by atoms with E-state index in [4.69, 9.17) is 21.1 Å². The monoisotopic (exact) mass is 348 g/mol. The van der Waals surface area contributed by atoms with Crippen molar-refractivity contribution in [2.75, 3.05) is 37.0 Å². The summed E-state index contributed by atoms with van der Waals surface area (Å²) in [4.78, 5) is 12.0. The molecular formula is C18H21ClN2O3. The van der Waals surface area contributed by atoms with Crippen LogP contribution in [-0.4, -0.2) is 32.3 Å². The Morgan fingerprint density at radius 3 is 2.75 bits per heavy atom. The van der Waals surface area contributed by atoms with Crippen LogP contribution < -0.4 is 15.4 Å². The smallest absolute Gasteiger partial charge is 0.243 e. The number of nitrogens with one attached hydrogen (secondary N) is 2. The molecular weight excluding hydrogens is 328 g/mol. The average molecular weight is 349 g/mol. The molecule has 0 heterocycles.